The van der Waals surface area contributed by atoms with Crippen LogP contribution in [0.5, 0.6) is 17.4 Å². The number of fused-ring (bicyclic) bond motifs is 1. The molecule has 0 fully saturated rings. The van der Waals surface area contributed by atoms with Gasteiger partial charge in [-0.3, -0.25) is 9.59 Å². The number of rotatable bonds is 2. The number of aromatic nitrogens is 5. The fourth-order valence-corrected chi connectivity index (χ4v) is 2.55. The molecular weight excluding hydrogens is 370 g/mol. The number of anilines is 2. The number of carbonyl (C=O) groups excluding carboxylic acids is 2. The number of nitrogens with two attached hydrogens (primary N) is 2. The minimum Gasteiger partial charge on any atom is -0.505 e. The number of hydrogen-bond donors (Lipinski definition) is 3. The van der Waals surface area contributed by atoms with Gasteiger partial charge in [0.25, 0.3) is 5.88 Å². The van der Waals surface area contributed by atoms with Gasteiger partial charge in [0.05, 0.1) is 17.0 Å². The van der Waals surface area contributed by atoms with Gasteiger partial charge >= 0.3 is 11.9 Å². The van der Waals surface area contributed by atoms with E-state index in [1.807, 2.05) is 0 Å². The first-order chi connectivity index (χ1) is 13.4. The van der Waals surface area contributed by atoms with E-state index in [2.05, 4.69) is 24.9 Å². The summed E-state index contributed by atoms with van der Waals surface area (Å²) < 4.78 is 10.3. The molecule has 3 aromatic heterocycles. The summed E-state index contributed by atoms with van der Waals surface area (Å²) in [6.07, 6.45) is 2.08. The van der Waals surface area contributed by atoms with Crippen molar-refractivity contribution in [2.75, 3.05) is 11.5 Å². The van der Waals surface area contributed by atoms with Crippen molar-refractivity contribution in [1.82, 2.24) is 24.9 Å². The number of carbonyl (C=O) groups is 2. The lowest BCUT2D eigenvalue weighted by atomic mass is 10.1. The average Bonchev–Trinajstić information content (AvgIpc) is 2.77. The second-order valence-corrected chi connectivity index (χ2v) is 5.54. The van der Waals surface area contributed by atoms with E-state index >= 15 is 0 Å². The first-order valence-electron chi connectivity index (χ1n) is 7.78. The van der Waals surface area contributed by atoms with Crippen molar-refractivity contribution in [3.63, 3.8) is 0 Å². The van der Waals surface area contributed by atoms with Crippen LogP contribution in [0, 0.1) is 0 Å². The second kappa shape index (κ2) is 6.42. The summed E-state index contributed by atoms with van der Waals surface area (Å²) in [5, 5.41) is 10.9. The van der Waals surface area contributed by atoms with Crippen molar-refractivity contribution in [3.8, 4) is 40.0 Å². The third-order valence-corrected chi connectivity index (χ3v) is 3.66. The lowest BCUT2D eigenvalue weighted by Gasteiger charge is -2.15. The summed E-state index contributed by atoms with van der Waals surface area (Å²) in [5.41, 5.74) is 11.3. The molecule has 0 spiro atoms. The van der Waals surface area contributed by atoms with Crippen LogP contribution >= 0.6 is 0 Å². The van der Waals surface area contributed by atoms with Crippen molar-refractivity contribution < 1.29 is 24.2 Å². The third kappa shape index (κ3) is 2.98. The van der Waals surface area contributed by atoms with Gasteiger partial charge in [0.2, 0.25) is 17.6 Å². The van der Waals surface area contributed by atoms with E-state index in [0.29, 0.717) is 0 Å². The van der Waals surface area contributed by atoms with Gasteiger partial charge in [-0.15, -0.1) is 0 Å². The topological polar surface area (TPSA) is 189 Å². The quantitative estimate of drug-likeness (QED) is 0.401. The molecule has 0 unspecified atom stereocenters. The van der Waals surface area contributed by atoms with Gasteiger partial charge in [-0.2, -0.15) is 0 Å². The second-order valence-electron chi connectivity index (χ2n) is 5.54. The summed E-state index contributed by atoms with van der Waals surface area (Å²) in [6, 6.07) is 2.86. The van der Waals surface area contributed by atoms with Gasteiger partial charge in [0.15, 0.2) is 5.75 Å². The van der Waals surface area contributed by atoms with E-state index in [1.165, 1.54) is 24.5 Å². The number of pyridine rings is 1. The van der Waals surface area contributed by atoms with Crippen LogP contribution in [0.4, 0.5) is 11.9 Å². The Morgan fingerprint density at radius 3 is 2.18 bits per heavy atom. The molecule has 12 nitrogen and oxygen atoms in total. The monoisotopic (exact) mass is 381 g/mol. The van der Waals surface area contributed by atoms with Gasteiger partial charge in [-0.05, 0) is 12.1 Å². The number of ether oxygens (including phenoxy) is 2. The summed E-state index contributed by atoms with van der Waals surface area (Å²) >= 11 is 0. The number of nitrogen functional groups attached to an aromatic ring is 2. The Bertz CT molecular complexity index is 1130. The molecule has 5 N–H and O–H groups in total. The Kier molecular flexibility index (Phi) is 3.92. The van der Waals surface area contributed by atoms with Crippen LogP contribution in [0.3, 0.4) is 0 Å². The van der Waals surface area contributed by atoms with Crippen molar-refractivity contribution >= 4 is 23.8 Å². The highest BCUT2D eigenvalue weighted by Gasteiger charge is 2.32. The maximum absolute atomic E-state index is 11.9. The van der Waals surface area contributed by atoms with Crippen LogP contribution in [-0.4, -0.2) is 42.0 Å². The molecule has 1 aliphatic heterocycles. The summed E-state index contributed by atoms with van der Waals surface area (Å²) in [7, 11) is 0. The van der Waals surface area contributed by atoms with E-state index in [-0.39, 0.29) is 46.2 Å². The largest absolute Gasteiger partial charge is 0.505 e. The molecule has 3 aromatic rings. The summed E-state index contributed by atoms with van der Waals surface area (Å²) in [4.78, 5) is 43.4. The standard InChI is InChI=1S/C16H11N7O5/c17-15-19-3-1-6(21-15)10-12(26)11(7-2-4-20-16(18)22-7)23-14-13(10)27-8(24)5-9(25)28-14/h1-4,26H,5H2,(H2,17,19,21)(H2,18,20,22). The average molecular weight is 381 g/mol. The Labute approximate surface area is 156 Å². The fraction of sp³-hybridized carbons (Fsp3) is 0.0625. The maximum atomic E-state index is 11.9. The molecule has 0 saturated heterocycles. The minimum atomic E-state index is -0.882. The molecule has 140 valence electrons. The van der Waals surface area contributed by atoms with E-state index in [0.717, 1.165) is 0 Å². The van der Waals surface area contributed by atoms with Crippen molar-refractivity contribution in [1.29, 1.82) is 0 Å². The van der Waals surface area contributed by atoms with E-state index in [1.54, 1.807) is 0 Å². The predicted molar refractivity (Wildman–Crippen MR) is 92.7 cm³/mol. The zero-order chi connectivity index (χ0) is 19.8. The van der Waals surface area contributed by atoms with Crippen LogP contribution < -0.4 is 20.9 Å². The SMILES string of the molecule is Nc1nccc(-c2nc3c(c(-c4ccnc(N)n4)c2O)OC(=O)CC(=O)O3)n1. The first-order valence-corrected chi connectivity index (χ1v) is 7.78. The molecule has 4 heterocycles. The Morgan fingerprint density at radius 2 is 1.50 bits per heavy atom. The lowest BCUT2D eigenvalue weighted by molar-refractivity contribution is -0.142. The zero-order valence-electron chi connectivity index (χ0n) is 14.0. The smallest absolute Gasteiger partial charge is 0.324 e. The Balaban J connectivity index is 2.04. The molecule has 0 aromatic carbocycles. The van der Waals surface area contributed by atoms with Crippen molar-refractivity contribution in [2.24, 2.45) is 0 Å². The van der Waals surface area contributed by atoms with E-state index in [9.17, 15) is 14.7 Å². The van der Waals surface area contributed by atoms with E-state index < -0.39 is 24.1 Å². The van der Waals surface area contributed by atoms with Gasteiger partial charge < -0.3 is 26.0 Å². The van der Waals surface area contributed by atoms with Crippen LogP contribution in [0.15, 0.2) is 24.5 Å². The third-order valence-electron chi connectivity index (χ3n) is 3.66. The molecule has 28 heavy (non-hydrogen) atoms. The number of esters is 2. The molecule has 12 heteroatoms. The zero-order valence-corrected chi connectivity index (χ0v) is 14.0. The predicted octanol–water partition coefficient (Wildman–Crippen LogP) is 0.0801. The Morgan fingerprint density at radius 1 is 0.893 bits per heavy atom. The molecule has 1 aliphatic rings. The molecule has 0 aliphatic carbocycles. The van der Waals surface area contributed by atoms with Gasteiger partial charge in [0, 0.05) is 12.4 Å². The first kappa shape index (κ1) is 17.1. The van der Waals surface area contributed by atoms with Gasteiger partial charge in [-0.25, -0.2) is 24.9 Å². The number of hydrogen-bond acceptors (Lipinski definition) is 12. The normalized spacial score (nSPS) is 13.3. The fourth-order valence-electron chi connectivity index (χ4n) is 2.55. The van der Waals surface area contributed by atoms with Crippen LogP contribution in [0.1, 0.15) is 6.42 Å². The lowest BCUT2D eigenvalue weighted by Crippen LogP contribution is -2.13. The maximum Gasteiger partial charge on any atom is 0.324 e. The molecular formula is C16H11N7O5. The molecule has 0 amide bonds. The summed E-state index contributed by atoms with van der Waals surface area (Å²) in [5.74, 6) is -2.97. The highest BCUT2D eigenvalue weighted by molar-refractivity contribution is 5.97. The Hall–Kier alpha value is -4.35. The van der Waals surface area contributed by atoms with Crippen LogP contribution in [-0.2, 0) is 9.59 Å². The van der Waals surface area contributed by atoms with Crippen LogP contribution in [0.2, 0.25) is 0 Å². The van der Waals surface area contributed by atoms with E-state index in [4.69, 9.17) is 20.9 Å². The molecule has 0 saturated carbocycles. The highest BCUT2D eigenvalue weighted by atomic mass is 16.6. The van der Waals surface area contributed by atoms with Crippen LogP contribution in [0.25, 0.3) is 22.6 Å². The highest BCUT2D eigenvalue weighted by Crippen LogP contribution is 2.47. The molecule has 4 rings (SSSR count). The number of nitrogens with zero attached hydrogens (tertiary/aromatic N) is 5. The molecule has 0 radical (unpaired) electrons. The number of aromatic hydroxyl groups is 1. The summed E-state index contributed by atoms with van der Waals surface area (Å²) in [6.45, 7) is 0. The van der Waals surface area contributed by atoms with Gasteiger partial charge in [-0.1, -0.05) is 0 Å². The van der Waals surface area contributed by atoms with Crippen molar-refractivity contribution in [2.45, 2.75) is 6.42 Å². The minimum absolute atomic E-state index is 0.0649. The molecule has 0 bridgehead atoms. The van der Waals surface area contributed by atoms with Gasteiger partial charge in [0.1, 0.15) is 12.1 Å². The molecule has 0 atom stereocenters. The van der Waals surface area contributed by atoms with Crippen molar-refractivity contribution in [3.05, 3.63) is 24.5 Å².